The molecule has 1 saturated carbocycles. The molecular weight excluding hydrogens is 316 g/mol. The van der Waals surface area contributed by atoms with Crippen LogP contribution in [-0.2, 0) is 14.3 Å². The molecule has 4 nitrogen and oxygen atoms in total. The van der Waals surface area contributed by atoms with Crippen LogP contribution in [0.15, 0.2) is 18.2 Å². The van der Waals surface area contributed by atoms with Crippen LogP contribution in [0, 0.1) is 29.6 Å². The van der Waals surface area contributed by atoms with E-state index in [0.717, 1.165) is 18.4 Å². The Kier molecular flexibility index (Phi) is 3.92. The first-order valence-electron chi connectivity index (χ1n) is 8.94. The Balaban J connectivity index is 1.72. The second-order valence-corrected chi connectivity index (χ2v) is 7.16. The molecule has 2 bridgehead atoms. The van der Waals surface area contributed by atoms with Crippen LogP contribution in [0.5, 0.6) is 5.75 Å². The SMILES string of the molecule is CC#Cc1ccc(C2C(=O)[C@@H]3[C@@H]4O[C@@H](C[C@H]4CC)[C@@H]3C2=O)c(OC)c1. The molecule has 0 amide bonds. The molecule has 1 aromatic rings. The highest BCUT2D eigenvalue weighted by molar-refractivity contribution is 6.17. The second-order valence-electron chi connectivity index (χ2n) is 7.16. The molecule has 3 fully saturated rings. The molecule has 2 aliphatic heterocycles. The Labute approximate surface area is 147 Å². The number of rotatable bonds is 3. The molecule has 1 unspecified atom stereocenters. The molecule has 3 aliphatic rings. The Morgan fingerprint density at radius 3 is 2.68 bits per heavy atom. The van der Waals surface area contributed by atoms with Crippen molar-refractivity contribution in [3.8, 4) is 17.6 Å². The molecule has 0 N–H and O–H groups in total. The number of methoxy groups -OCH3 is 1. The van der Waals surface area contributed by atoms with E-state index < -0.39 is 5.92 Å². The van der Waals surface area contributed by atoms with Crippen molar-refractivity contribution >= 4 is 11.6 Å². The summed E-state index contributed by atoms with van der Waals surface area (Å²) in [7, 11) is 1.56. The highest BCUT2D eigenvalue weighted by Gasteiger charge is 2.65. The van der Waals surface area contributed by atoms with Gasteiger partial charge in [-0.15, -0.1) is 5.92 Å². The van der Waals surface area contributed by atoms with E-state index in [0.29, 0.717) is 17.2 Å². The predicted molar refractivity (Wildman–Crippen MR) is 92.3 cm³/mol. The lowest BCUT2D eigenvalue weighted by atomic mass is 9.74. The van der Waals surface area contributed by atoms with Gasteiger partial charge >= 0.3 is 0 Å². The molecule has 130 valence electrons. The molecule has 0 aromatic heterocycles. The molecule has 4 heteroatoms. The Morgan fingerprint density at radius 2 is 2.00 bits per heavy atom. The normalized spacial score (nSPS) is 35.5. The fourth-order valence-corrected chi connectivity index (χ4v) is 4.95. The van der Waals surface area contributed by atoms with Crippen LogP contribution < -0.4 is 4.74 Å². The molecule has 2 saturated heterocycles. The molecule has 2 heterocycles. The lowest BCUT2D eigenvalue weighted by molar-refractivity contribution is -0.127. The molecule has 1 aromatic carbocycles. The first kappa shape index (κ1) is 16.4. The van der Waals surface area contributed by atoms with Gasteiger partial charge in [0.2, 0.25) is 0 Å². The van der Waals surface area contributed by atoms with E-state index in [1.54, 1.807) is 20.1 Å². The highest BCUT2D eigenvalue weighted by Crippen LogP contribution is 2.55. The minimum Gasteiger partial charge on any atom is -0.496 e. The zero-order valence-electron chi connectivity index (χ0n) is 14.7. The van der Waals surface area contributed by atoms with Crippen molar-refractivity contribution in [1.82, 2.24) is 0 Å². The van der Waals surface area contributed by atoms with Gasteiger partial charge in [-0.2, -0.15) is 0 Å². The van der Waals surface area contributed by atoms with Crippen molar-refractivity contribution in [3.63, 3.8) is 0 Å². The summed E-state index contributed by atoms with van der Waals surface area (Å²) in [5.74, 6) is 5.52. The van der Waals surface area contributed by atoms with Gasteiger partial charge in [-0.25, -0.2) is 0 Å². The van der Waals surface area contributed by atoms with E-state index >= 15 is 0 Å². The van der Waals surface area contributed by atoms with Gasteiger partial charge < -0.3 is 9.47 Å². The molecule has 4 rings (SSSR count). The Morgan fingerprint density at radius 1 is 1.24 bits per heavy atom. The fraction of sp³-hybridized carbons (Fsp3) is 0.524. The van der Waals surface area contributed by atoms with E-state index in [1.165, 1.54) is 0 Å². The lowest BCUT2D eigenvalue weighted by Gasteiger charge is -2.24. The quantitative estimate of drug-likeness (QED) is 0.628. The van der Waals surface area contributed by atoms with Crippen molar-refractivity contribution in [3.05, 3.63) is 29.3 Å². The summed E-state index contributed by atoms with van der Waals surface area (Å²) in [5.41, 5.74) is 1.48. The minimum absolute atomic E-state index is 0.00433. The van der Waals surface area contributed by atoms with E-state index in [-0.39, 0.29) is 35.6 Å². The van der Waals surface area contributed by atoms with Crippen LogP contribution in [0.3, 0.4) is 0 Å². The first-order chi connectivity index (χ1) is 12.1. The van der Waals surface area contributed by atoms with E-state index in [2.05, 4.69) is 18.8 Å². The van der Waals surface area contributed by atoms with Crippen molar-refractivity contribution in [1.29, 1.82) is 0 Å². The van der Waals surface area contributed by atoms with Crippen LogP contribution in [-0.4, -0.2) is 30.9 Å². The van der Waals surface area contributed by atoms with Gasteiger partial charge in [0.05, 0.1) is 31.2 Å². The molecule has 0 radical (unpaired) electrons. The number of hydrogen-bond donors (Lipinski definition) is 0. The van der Waals surface area contributed by atoms with Crippen molar-refractivity contribution in [2.24, 2.45) is 17.8 Å². The Bertz CT molecular complexity index is 800. The van der Waals surface area contributed by atoms with Crippen LogP contribution in [0.4, 0.5) is 0 Å². The summed E-state index contributed by atoms with van der Waals surface area (Å²) >= 11 is 0. The average molecular weight is 338 g/mol. The summed E-state index contributed by atoms with van der Waals surface area (Å²) in [6, 6.07) is 5.48. The van der Waals surface area contributed by atoms with Gasteiger partial charge in [0.1, 0.15) is 11.7 Å². The average Bonchev–Trinajstić information content (AvgIpc) is 3.27. The smallest absolute Gasteiger partial charge is 0.154 e. The summed E-state index contributed by atoms with van der Waals surface area (Å²) in [4.78, 5) is 26.2. The molecule has 6 atom stereocenters. The third kappa shape index (κ3) is 2.26. The zero-order valence-corrected chi connectivity index (χ0v) is 14.7. The molecule has 0 spiro atoms. The van der Waals surface area contributed by atoms with Crippen molar-refractivity contribution in [2.45, 2.75) is 44.8 Å². The van der Waals surface area contributed by atoms with E-state index in [1.807, 2.05) is 12.1 Å². The van der Waals surface area contributed by atoms with Crippen molar-refractivity contribution in [2.75, 3.05) is 7.11 Å². The number of carbonyl (C=O) groups is 2. The van der Waals surface area contributed by atoms with Crippen molar-refractivity contribution < 1.29 is 19.1 Å². The number of fused-ring (bicyclic) bond motifs is 5. The summed E-state index contributed by atoms with van der Waals surface area (Å²) in [6.45, 7) is 3.89. The summed E-state index contributed by atoms with van der Waals surface area (Å²) < 4.78 is 11.5. The Hall–Kier alpha value is -2.12. The first-order valence-corrected chi connectivity index (χ1v) is 8.94. The molecular formula is C21H22O4. The minimum atomic E-state index is -0.724. The van der Waals surface area contributed by atoms with Gasteiger partial charge in [-0.1, -0.05) is 25.3 Å². The number of ether oxygens (including phenoxy) is 2. The van der Waals surface area contributed by atoms with Crippen LogP contribution in [0.2, 0.25) is 0 Å². The number of benzene rings is 1. The summed E-state index contributed by atoms with van der Waals surface area (Å²) in [5, 5.41) is 0. The fourth-order valence-electron chi connectivity index (χ4n) is 4.95. The van der Waals surface area contributed by atoms with Gasteiger partial charge in [0, 0.05) is 11.1 Å². The number of hydrogen-bond acceptors (Lipinski definition) is 4. The molecule has 25 heavy (non-hydrogen) atoms. The van der Waals surface area contributed by atoms with Gasteiger partial charge in [-0.3, -0.25) is 9.59 Å². The molecule has 1 aliphatic carbocycles. The van der Waals surface area contributed by atoms with Crippen LogP contribution in [0.25, 0.3) is 0 Å². The maximum atomic E-state index is 13.1. The number of ketones is 2. The topological polar surface area (TPSA) is 52.6 Å². The third-order valence-corrected chi connectivity index (χ3v) is 6.04. The summed E-state index contributed by atoms with van der Waals surface area (Å²) in [6.07, 6.45) is 1.72. The largest absolute Gasteiger partial charge is 0.496 e. The van der Waals surface area contributed by atoms with Gasteiger partial charge in [0.25, 0.3) is 0 Å². The monoisotopic (exact) mass is 338 g/mol. The predicted octanol–water partition coefficient (Wildman–Crippen LogP) is 2.73. The standard InChI is InChI=1S/C21H22O4/c1-4-6-11-7-8-13(14(9-11)24-3)16-19(22)17-15-10-12(5-2)21(25-15)18(17)20(16)23/h7-9,12,15-18,21H,5,10H2,1-3H3/t12-,15+,16?,17+,18-,21-/m1/s1. The second kappa shape index (κ2) is 6.00. The van der Waals surface area contributed by atoms with E-state index in [4.69, 9.17) is 9.47 Å². The zero-order chi connectivity index (χ0) is 17.7. The number of carbonyl (C=O) groups excluding carboxylic acids is 2. The maximum Gasteiger partial charge on any atom is 0.154 e. The van der Waals surface area contributed by atoms with Crippen LogP contribution in [0.1, 0.15) is 43.7 Å². The van der Waals surface area contributed by atoms with Gasteiger partial charge in [-0.05, 0) is 31.4 Å². The van der Waals surface area contributed by atoms with Crippen LogP contribution >= 0.6 is 0 Å². The van der Waals surface area contributed by atoms with E-state index in [9.17, 15) is 9.59 Å². The van der Waals surface area contributed by atoms with Gasteiger partial charge in [0.15, 0.2) is 11.6 Å². The number of Topliss-reactive ketones (excluding diaryl/α,β-unsaturated/α-hetero) is 2. The third-order valence-electron chi connectivity index (χ3n) is 6.04. The lowest BCUT2D eigenvalue weighted by Crippen LogP contribution is -2.34. The maximum absolute atomic E-state index is 13.1. The highest BCUT2D eigenvalue weighted by atomic mass is 16.5.